The highest BCUT2D eigenvalue weighted by atomic mass is 16.3. The molecule has 15 heavy (non-hydrogen) atoms. The Hall–Kier alpha value is -1.13. The van der Waals surface area contributed by atoms with Crippen molar-refractivity contribution in [2.24, 2.45) is 5.73 Å². The van der Waals surface area contributed by atoms with Gasteiger partial charge in [-0.2, -0.15) is 0 Å². The monoisotopic (exact) mass is 209 g/mol. The first-order chi connectivity index (χ1) is 7.01. The van der Waals surface area contributed by atoms with Crippen LogP contribution in [0, 0.1) is 0 Å². The Morgan fingerprint density at radius 1 is 1.53 bits per heavy atom. The SMILES string of the molecule is CN(c1cc(CN)ccn1)C(C)(C)CO. The topological polar surface area (TPSA) is 62.4 Å². The highest BCUT2D eigenvalue weighted by molar-refractivity contribution is 5.42. The molecule has 0 aliphatic carbocycles. The molecule has 84 valence electrons. The number of hydrogen-bond donors (Lipinski definition) is 2. The number of nitrogens with zero attached hydrogens (tertiary/aromatic N) is 2. The molecule has 0 aromatic carbocycles. The van der Waals surface area contributed by atoms with Gasteiger partial charge in [-0.05, 0) is 31.5 Å². The van der Waals surface area contributed by atoms with Crippen molar-refractivity contribution in [3.05, 3.63) is 23.9 Å². The average molecular weight is 209 g/mol. The Labute approximate surface area is 90.7 Å². The van der Waals surface area contributed by atoms with Crippen molar-refractivity contribution >= 4 is 5.82 Å². The van der Waals surface area contributed by atoms with Crippen molar-refractivity contribution in [3.8, 4) is 0 Å². The summed E-state index contributed by atoms with van der Waals surface area (Å²) in [5.41, 5.74) is 6.29. The number of aromatic nitrogens is 1. The van der Waals surface area contributed by atoms with Crippen LogP contribution in [0.4, 0.5) is 5.82 Å². The van der Waals surface area contributed by atoms with Crippen molar-refractivity contribution in [2.75, 3.05) is 18.6 Å². The first kappa shape index (κ1) is 11.9. The van der Waals surface area contributed by atoms with Gasteiger partial charge in [0.2, 0.25) is 0 Å². The van der Waals surface area contributed by atoms with Crippen LogP contribution in [0.3, 0.4) is 0 Å². The van der Waals surface area contributed by atoms with E-state index in [-0.39, 0.29) is 12.1 Å². The first-order valence-corrected chi connectivity index (χ1v) is 5.01. The highest BCUT2D eigenvalue weighted by Crippen LogP contribution is 2.20. The van der Waals surface area contributed by atoms with Crippen molar-refractivity contribution in [1.82, 2.24) is 4.98 Å². The van der Waals surface area contributed by atoms with Crippen LogP contribution < -0.4 is 10.6 Å². The van der Waals surface area contributed by atoms with E-state index in [1.54, 1.807) is 6.20 Å². The van der Waals surface area contributed by atoms with Gasteiger partial charge in [-0.15, -0.1) is 0 Å². The zero-order valence-electron chi connectivity index (χ0n) is 9.57. The summed E-state index contributed by atoms with van der Waals surface area (Å²) in [4.78, 5) is 6.21. The molecule has 0 atom stereocenters. The van der Waals surface area contributed by atoms with Crippen molar-refractivity contribution in [3.63, 3.8) is 0 Å². The number of rotatable bonds is 4. The van der Waals surface area contributed by atoms with E-state index in [9.17, 15) is 5.11 Å². The predicted molar refractivity (Wildman–Crippen MR) is 61.7 cm³/mol. The summed E-state index contributed by atoms with van der Waals surface area (Å²) in [6, 6.07) is 3.83. The van der Waals surface area contributed by atoms with Gasteiger partial charge in [-0.1, -0.05) is 0 Å². The Bertz CT molecular complexity index is 325. The molecule has 0 bridgehead atoms. The second kappa shape index (κ2) is 4.59. The van der Waals surface area contributed by atoms with Crippen molar-refractivity contribution in [1.29, 1.82) is 0 Å². The summed E-state index contributed by atoms with van der Waals surface area (Å²) in [6.45, 7) is 4.51. The van der Waals surface area contributed by atoms with E-state index in [2.05, 4.69) is 4.98 Å². The molecular weight excluding hydrogens is 190 g/mol. The molecule has 1 aromatic heterocycles. The van der Waals surface area contributed by atoms with E-state index < -0.39 is 0 Å². The van der Waals surface area contributed by atoms with Gasteiger partial charge < -0.3 is 15.7 Å². The molecule has 0 saturated carbocycles. The van der Waals surface area contributed by atoms with Crippen LogP contribution in [0.25, 0.3) is 0 Å². The Morgan fingerprint density at radius 2 is 2.20 bits per heavy atom. The van der Waals surface area contributed by atoms with Crippen LogP contribution in [-0.2, 0) is 6.54 Å². The molecule has 4 heteroatoms. The third-order valence-electron chi connectivity index (χ3n) is 2.68. The number of likely N-dealkylation sites (N-methyl/N-ethyl adjacent to an activating group) is 1. The molecule has 0 aliphatic rings. The summed E-state index contributed by atoms with van der Waals surface area (Å²) in [7, 11) is 1.92. The van der Waals surface area contributed by atoms with E-state index in [0.717, 1.165) is 11.4 Å². The van der Waals surface area contributed by atoms with E-state index in [1.807, 2.05) is 37.9 Å². The fourth-order valence-corrected chi connectivity index (χ4v) is 1.19. The number of aliphatic hydroxyl groups is 1. The minimum Gasteiger partial charge on any atom is -0.394 e. The predicted octanol–water partition coefficient (Wildman–Crippen LogP) is 0.747. The van der Waals surface area contributed by atoms with Gasteiger partial charge in [0, 0.05) is 19.8 Å². The largest absolute Gasteiger partial charge is 0.394 e. The van der Waals surface area contributed by atoms with Gasteiger partial charge in [0.25, 0.3) is 0 Å². The molecule has 0 amide bonds. The Kier molecular flexibility index (Phi) is 3.66. The third-order valence-corrected chi connectivity index (χ3v) is 2.68. The van der Waals surface area contributed by atoms with Crippen LogP contribution in [0.1, 0.15) is 19.4 Å². The lowest BCUT2D eigenvalue weighted by Crippen LogP contribution is -2.44. The second-order valence-electron chi connectivity index (χ2n) is 4.26. The Morgan fingerprint density at radius 3 is 2.73 bits per heavy atom. The van der Waals surface area contributed by atoms with E-state index in [4.69, 9.17) is 5.73 Å². The normalized spacial score (nSPS) is 11.5. The first-order valence-electron chi connectivity index (χ1n) is 5.01. The standard InChI is InChI=1S/C11H19N3O/c1-11(2,8-15)14(3)10-6-9(7-12)4-5-13-10/h4-6,15H,7-8,12H2,1-3H3. The molecular formula is C11H19N3O. The van der Waals surface area contributed by atoms with Crippen LogP contribution in [0.2, 0.25) is 0 Å². The third kappa shape index (κ3) is 2.67. The Balaban J connectivity index is 2.95. The second-order valence-corrected chi connectivity index (χ2v) is 4.26. The van der Waals surface area contributed by atoms with Crippen LogP contribution in [0.15, 0.2) is 18.3 Å². The van der Waals surface area contributed by atoms with Crippen molar-refractivity contribution < 1.29 is 5.11 Å². The van der Waals surface area contributed by atoms with Crippen LogP contribution in [-0.4, -0.2) is 29.3 Å². The number of aliphatic hydroxyl groups excluding tert-OH is 1. The summed E-state index contributed by atoms with van der Waals surface area (Å²) in [5.74, 6) is 0.831. The van der Waals surface area contributed by atoms with Gasteiger partial charge in [0.15, 0.2) is 0 Å². The van der Waals surface area contributed by atoms with E-state index >= 15 is 0 Å². The quantitative estimate of drug-likeness (QED) is 0.768. The van der Waals surface area contributed by atoms with Gasteiger partial charge in [-0.25, -0.2) is 4.98 Å². The van der Waals surface area contributed by atoms with Crippen molar-refractivity contribution in [2.45, 2.75) is 25.9 Å². The molecule has 0 spiro atoms. The van der Waals surface area contributed by atoms with Gasteiger partial charge >= 0.3 is 0 Å². The zero-order valence-corrected chi connectivity index (χ0v) is 9.57. The molecule has 0 saturated heterocycles. The number of nitrogens with two attached hydrogens (primary N) is 1. The van der Waals surface area contributed by atoms with Gasteiger partial charge in [0.1, 0.15) is 5.82 Å². The zero-order chi connectivity index (χ0) is 11.5. The lowest BCUT2D eigenvalue weighted by Gasteiger charge is -2.35. The molecule has 0 aliphatic heterocycles. The lowest BCUT2D eigenvalue weighted by molar-refractivity contribution is 0.215. The summed E-state index contributed by atoms with van der Waals surface area (Å²) in [5, 5.41) is 9.26. The number of anilines is 1. The molecule has 1 heterocycles. The fourth-order valence-electron chi connectivity index (χ4n) is 1.19. The minimum absolute atomic E-state index is 0.0814. The molecule has 0 radical (unpaired) electrons. The maximum Gasteiger partial charge on any atom is 0.129 e. The lowest BCUT2D eigenvalue weighted by atomic mass is 10.1. The van der Waals surface area contributed by atoms with Crippen LogP contribution >= 0.6 is 0 Å². The summed E-state index contributed by atoms with van der Waals surface area (Å²) < 4.78 is 0. The number of pyridine rings is 1. The van der Waals surface area contributed by atoms with Gasteiger partial charge in [0.05, 0.1) is 12.1 Å². The molecule has 3 N–H and O–H groups in total. The molecule has 4 nitrogen and oxygen atoms in total. The van der Waals surface area contributed by atoms with E-state index in [1.165, 1.54) is 0 Å². The minimum atomic E-state index is -0.319. The van der Waals surface area contributed by atoms with Crippen LogP contribution in [0.5, 0.6) is 0 Å². The highest BCUT2D eigenvalue weighted by Gasteiger charge is 2.23. The maximum atomic E-state index is 9.26. The van der Waals surface area contributed by atoms with Gasteiger partial charge in [-0.3, -0.25) is 0 Å². The molecule has 1 rings (SSSR count). The molecule has 1 aromatic rings. The fraction of sp³-hybridized carbons (Fsp3) is 0.545. The average Bonchev–Trinajstić information content (AvgIpc) is 2.28. The molecule has 0 unspecified atom stereocenters. The summed E-state index contributed by atoms with van der Waals surface area (Å²) >= 11 is 0. The molecule has 0 fully saturated rings. The summed E-state index contributed by atoms with van der Waals surface area (Å²) in [6.07, 6.45) is 1.74. The smallest absolute Gasteiger partial charge is 0.129 e. The number of hydrogen-bond acceptors (Lipinski definition) is 4. The maximum absolute atomic E-state index is 9.26. The van der Waals surface area contributed by atoms with E-state index in [0.29, 0.717) is 6.54 Å².